The molecule has 0 aromatic carbocycles. The number of carbonyl (C=O) groups excluding carboxylic acids is 1. The summed E-state index contributed by atoms with van der Waals surface area (Å²) in [4.78, 5) is 45.4. The highest BCUT2D eigenvalue weighted by Crippen LogP contribution is 2.09. The Morgan fingerprint density at radius 3 is 2.52 bits per heavy atom. The van der Waals surface area contributed by atoms with E-state index in [4.69, 9.17) is 5.73 Å². The summed E-state index contributed by atoms with van der Waals surface area (Å²) in [6.45, 7) is 4.58. The van der Waals surface area contributed by atoms with Gasteiger partial charge in [0.25, 0.3) is 11.5 Å². The second-order valence-corrected chi connectivity index (χ2v) is 5.95. The topological polar surface area (TPSA) is 125 Å². The van der Waals surface area contributed by atoms with Gasteiger partial charge in [0.1, 0.15) is 5.65 Å². The van der Waals surface area contributed by atoms with Gasteiger partial charge in [-0.2, -0.15) is 0 Å². The lowest BCUT2D eigenvalue weighted by Crippen LogP contribution is -2.34. The van der Waals surface area contributed by atoms with Crippen LogP contribution in [0.2, 0.25) is 0 Å². The van der Waals surface area contributed by atoms with Gasteiger partial charge in [0, 0.05) is 25.8 Å². The summed E-state index contributed by atoms with van der Waals surface area (Å²) in [5, 5.41) is 0.169. The lowest BCUT2D eigenvalue weighted by Gasteiger charge is -2.21. The van der Waals surface area contributed by atoms with Crippen LogP contribution in [0.3, 0.4) is 0 Å². The van der Waals surface area contributed by atoms with E-state index < -0.39 is 11.2 Å². The fourth-order valence-corrected chi connectivity index (χ4v) is 2.16. The van der Waals surface area contributed by atoms with Crippen molar-refractivity contribution in [2.45, 2.75) is 26.3 Å². The molecule has 0 aliphatic heterocycles. The van der Waals surface area contributed by atoms with Crippen molar-refractivity contribution < 1.29 is 4.79 Å². The molecule has 1 amide bonds. The fourth-order valence-electron chi connectivity index (χ4n) is 2.16. The van der Waals surface area contributed by atoms with E-state index in [1.165, 1.54) is 12.3 Å². The summed E-state index contributed by atoms with van der Waals surface area (Å²) in [6, 6.07) is 1.45. The van der Waals surface area contributed by atoms with E-state index in [1.54, 1.807) is 11.9 Å². The van der Waals surface area contributed by atoms with Crippen molar-refractivity contribution in [1.29, 1.82) is 0 Å². The quantitative estimate of drug-likeness (QED) is 0.697. The van der Waals surface area contributed by atoms with E-state index >= 15 is 0 Å². The standard InChI is InChI=1S/C15H21N5O3.2ClH/c1-8(2)11(16)4-5-20(3)14(22)9-6-10-12(17-7-9)18-15(23)19-13(10)21;;/h6-8,11H,4-5,16H2,1-3H3,(H2,17,18,19,21,23);2*1H. The number of fused-ring (bicyclic) bond motifs is 1. The molecule has 140 valence electrons. The van der Waals surface area contributed by atoms with E-state index in [0.29, 0.717) is 18.9 Å². The Labute approximate surface area is 157 Å². The fraction of sp³-hybridized carbons (Fsp3) is 0.467. The Kier molecular flexibility index (Phi) is 8.82. The van der Waals surface area contributed by atoms with Crippen molar-refractivity contribution in [3.63, 3.8) is 0 Å². The number of pyridine rings is 1. The average Bonchev–Trinajstić information content (AvgIpc) is 2.50. The van der Waals surface area contributed by atoms with E-state index in [0.717, 1.165) is 0 Å². The molecule has 0 aliphatic carbocycles. The molecule has 2 heterocycles. The van der Waals surface area contributed by atoms with Gasteiger partial charge < -0.3 is 10.6 Å². The Bertz CT molecular complexity index is 834. The van der Waals surface area contributed by atoms with Crippen LogP contribution in [-0.2, 0) is 0 Å². The van der Waals surface area contributed by atoms with Crippen molar-refractivity contribution >= 4 is 41.8 Å². The maximum atomic E-state index is 12.4. The number of carbonyl (C=O) groups is 1. The highest BCUT2D eigenvalue weighted by molar-refractivity contribution is 5.96. The molecule has 25 heavy (non-hydrogen) atoms. The van der Waals surface area contributed by atoms with Gasteiger partial charge in [-0.05, 0) is 18.4 Å². The number of H-pyrrole nitrogens is 2. The van der Waals surface area contributed by atoms with Gasteiger partial charge >= 0.3 is 5.69 Å². The molecule has 2 rings (SSSR count). The van der Waals surface area contributed by atoms with Crippen LogP contribution in [0.25, 0.3) is 11.0 Å². The monoisotopic (exact) mass is 391 g/mol. The molecule has 0 spiro atoms. The molecule has 0 saturated heterocycles. The summed E-state index contributed by atoms with van der Waals surface area (Å²) in [5.41, 5.74) is 5.22. The molecule has 1 atom stereocenters. The van der Waals surface area contributed by atoms with E-state index in [9.17, 15) is 14.4 Å². The van der Waals surface area contributed by atoms with Crippen LogP contribution in [0.15, 0.2) is 21.9 Å². The Morgan fingerprint density at radius 1 is 1.28 bits per heavy atom. The summed E-state index contributed by atoms with van der Waals surface area (Å²) in [5.74, 6) is 0.0946. The number of halogens is 2. The number of hydrogen-bond donors (Lipinski definition) is 3. The third kappa shape index (κ3) is 5.55. The number of hydrogen-bond acceptors (Lipinski definition) is 5. The van der Waals surface area contributed by atoms with Crippen LogP contribution < -0.4 is 17.0 Å². The molecule has 8 nitrogen and oxygen atoms in total. The van der Waals surface area contributed by atoms with Crippen LogP contribution in [0.4, 0.5) is 0 Å². The number of nitrogens with one attached hydrogen (secondary N) is 2. The Hall–Kier alpha value is -1.90. The maximum Gasteiger partial charge on any atom is 0.327 e. The summed E-state index contributed by atoms with van der Waals surface area (Å²) in [6.07, 6.45) is 2.04. The van der Waals surface area contributed by atoms with Crippen molar-refractivity contribution in [2.75, 3.05) is 13.6 Å². The predicted molar refractivity (Wildman–Crippen MR) is 102 cm³/mol. The number of nitrogens with two attached hydrogens (primary N) is 1. The Balaban J connectivity index is 0.00000288. The first kappa shape index (κ1) is 23.1. The van der Waals surface area contributed by atoms with E-state index in [-0.39, 0.29) is 53.4 Å². The summed E-state index contributed by atoms with van der Waals surface area (Å²) < 4.78 is 0. The van der Waals surface area contributed by atoms with E-state index in [1.807, 2.05) is 13.8 Å². The van der Waals surface area contributed by atoms with Gasteiger partial charge in [0.05, 0.1) is 10.9 Å². The second-order valence-electron chi connectivity index (χ2n) is 5.95. The smallest absolute Gasteiger partial charge is 0.327 e. The normalized spacial score (nSPS) is 11.6. The predicted octanol–water partition coefficient (Wildman–Crippen LogP) is 0.900. The minimum Gasteiger partial charge on any atom is -0.342 e. The van der Waals surface area contributed by atoms with Crippen LogP contribution in [0.5, 0.6) is 0 Å². The van der Waals surface area contributed by atoms with E-state index in [2.05, 4.69) is 15.0 Å². The number of rotatable bonds is 5. The zero-order valence-corrected chi connectivity index (χ0v) is 15.9. The first-order valence-electron chi connectivity index (χ1n) is 7.43. The molecule has 0 saturated carbocycles. The van der Waals surface area contributed by atoms with Crippen molar-refractivity contribution in [1.82, 2.24) is 19.9 Å². The molecule has 10 heteroatoms. The molecule has 1 unspecified atom stereocenters. The third-order valence-corrected chi connectivity index (χ3v) is 3.84. The van der Waals surface area contributed by atoms with Gasteiger partial charge in [-0.15, -0.1) is 24.8 Å². The molecule has 0 aliphatic rings. The Morgan fingerprint density at radius 2 is 1.92 bits per heavy atom. The SMILES string of the molecule is CC(C)C(N)CCN(C)C(=O)c1cnc2[nH]c(=O)[nH]c(=O)c2c1.Cl.Cl. The minimum atomic E-state index is -0.631. The molecule has 0 bridgehead atoms. The van der Waals surface area contributed by atoms with Gasteiger partial charge in [-0.25, -0.2) is 9.78 Å². The number of aromatic amines is 2. The first-order valence-corrected chi connectivity index (χ1v) is 7.43. The lowest BCUT2D eigenvalue weighted by molar-refractivity contribution is 0.0789. The molecule has 2 aromatic rings. The average molecular weight is 392 g/mol. The van der Waals surface area contributed by atoms with Gasteiger partial charge in [-0.1, -0.05) is 13.8 Å². The van der Waals surface area contributed by atoms with Crippen LogP contribution in [0.1, 0.15) is 30.6 Å². The zero-order valence-electron chi connectivity index (χ0n) is 14.2. The molecule has 2 aromatic heterocycles. The van der Waals surface area contributed by atoms with Gasteiger partial charge in [0.2, 0.25) is 0 Å². The molecular weight excluding hydrogens is 369 g/mol. The van der Waals surface area contributed by atoms with Crippen LogP contribution in [-0.4, -0.2) is 45.4 Å². The minimum absolute atomic E-state index is 0. The lowest BCUT2D eigenvalue weighted by atomic mass is 10.0. The summed E-state index contributed by atoms with van der Waals surface area (Å²) >= 11 is 0. The number of nitrogens with zero attached hydrogens (tertiary/aromatic N) is 2. The van der Waals surface area contributed by atoms with Gasteiger partial charge in [0.15, 0.2) is 0 Å². The van der Waals surface area contributed by atoms with Crippen molar-refractivity contribution in [2.24, 2.45) is 11.7 Å². The first-order chi connectivity index (χ1) is 10.8. The molecule has 0 fully saturated rings. The third-order valence-electron chi connectivity index (χ3n) is 3.84. The number of amides is 1. The van der Waals surface area contributed by atoms with Crippen molar-refractivity contribution in [3.8, 4) is 0 Å². The molecule has 4 N–H and O–H groups in total. The highest BCUT2D eigenvalue weighted by Gasteiger charge is 2.16. The molecular formula is C15H23Cl2N5O3. The largest absolute Gasteiger partial charge is 0.342 e. The van der Waals surface area contributed by atoms with Crippen LogP contribution >= 0.6 is 24.8 Å². The summed E-state index contributed by atoms with van der Waals surface area (Å²) in [7, 11) is 1.68. The zero-order chi connectivity index (χ0) is 17.1. The van der Waals surface area contributed by atoms with Crippen molar-refractivity contribution in [3.05, 3.63) is 38.7 Å². The maximum absolute atomic E-state index is 12.4. The highest BCUT2D eigenvalue weighted by atomic mass is 35.5. The van der Waals surface area contributed by atoms with Gasteiger partial charge in [-0.3, -0.25) is 19.6 Å². The second kappa shape index (κ2) is 9.55. The van der Waals surface area contributed by atoms with Crippen LogP contribution in [0, 0.1) is 5.92 Å². The number of aromatic nitrogens is 3. The molecule has 0 radical (unpaired) electrons.